The minimum Gasteiger partial charge on any atom is -0.492 e. The van der Waals surface area contributed by atoms with Crippen molar-refractivity contribution in [1.29, 1.82) is 0 Å². The van der Waals surface area contributed by atoms with E-state index < -0.39 is 6.10 Å². The maximum atomic E-state index is 12.2. The van der Waals surface area contributed by atoms with E-state index >= 15 is 0 Å². The third-order valence-electron chi connectivity index (χ3n) is 8.54. The van der Waals surface area contributed by atoms with E-state index in [2.05, 4.69) is 42.1 Å². The Balaban J connectivity index is 1.37. The lowest BCUT2D eigenvalue weighted by atomic mass is 9.75. The molecule has 2 aliphatic rings. The van der Waals surface area contributed by atoms with Gasteiger partial charge >= 0.3 is 5.97 Å². The van der Waals surface area contributed by atoms with Gasteiger partial charge in [0, 0.05) is 25.3 Å². The molecular formula is C33H46N2O5. The predicted octanol–water partition coefficient (Wildman–Crippen LogP) is 7.15. The molecule has 7 nitrogen and oxygen atoms in total. The fraction of sp³-hybridized carbons (Fsp3) is 0.606. The first-order chi connectivity index (χ1) is 19.4. The van der Waals surface area contributed by atoms with Crippen molar-refractivity contribution in [2.75, 3.05) is 37.8 Å². The standard InChI is InChI=1S/C33H46N2O5/c1-5-38-30(32(36)39-6-2)22-24-12-15-27(16-13-24)40-21-20-35-19-18-33(3,4)28-23-26(14-17-29(28)35)31(34-37)25-10-8-7-9-11-25/h12-17,23,25,30-31H,5-11,18-22H2,1-4H3/t30-,31?/m0/s1. The lowest BCUT2D eigenvalue weighted by Crippen LogP contribution is -2.39. The van der Waals surface area contributed by atoms with Crippen LogP contribution < -0.4 is 9.64 Å². The number of carbonyl (C=O) groups is 1. The van der Waals surface area contributed by atoms with Crippen LogP contribution in [0.25, 0.3) is 0 Å². The van der Waals surface area contributed by atoms with Crippen molar-refractivity contribution in [2.45, 2.75) is 90.2 Å². The summed E-state index contributed by atoms with van der Waals surface area (Å²) < 4.78 is 16.8. The summed E-state index contributed by atoms with van der Waals surface area (Å²) >= 11 is 0. The monoisotopic (exact) mass is 550 g/mol. The van der Waals surface area contributed by atoms with Crippen LogP contribution in [0.1, 0.15) is 89.0 Å². The van der Waals surface area contributed by atoms with Crippen LogP contribution in [-0.2, 0) is 26.1 Å². The molecule has 40 heavy (non-hydrogen) atoms. The lowest BCUT2D eigenvalue weighted by Gasteiger charge is -2.41. The van der Waals surface area contributed by atoms with Gasteiger partial charge in [0.25, 0.3) is 0 Å². The first-order valence-electron chi connectivity index (χ1n) is 15.1. The molecule has 1 aliphatic heterocycles. The van der Waals surface area contributed by atoms with Gasteiger partial charge in [0.15, 0.2) is 6.10 Å². The smallest absolute Gasteiger partial charge is 0.335 e. The maximum Gasteiger partial charge on any atom is 0.335 e. The summed E-state index contributed by atoms with van der Waals surface area (Å²) in [6, 6.07) is 14.2. The number of nitrogens with zero attached hydrogens (tertiary/aromatic N) is 2. The van der Waals surface area contributed by atoms with E-state index in [1.54, 1.807) is 6.92 Å². The first kappa shape index (κ1) is 30.0. The SMILES string of the molecule is CCOC(=O)[C@H](Cc1ccc(OCCN2CCC(C)(C)c3cc(C(N=O)C4CCCCC4)ccc32)cc1)OCC. The molecule has 0 saturated heterocycles. The van der Waals surface area contributed by atoms with E-state index in [4.69, 9.17) is 14.2 Å². The van der Waals surface area contributed by atoms with Gasteiger partial charge in [-0.3, -0.25) is 0 Å². The molecule has 7 heteroatoms. The summed E-state index contributed by atoms with van der Waals surface area (Å²) in [7, 11) is 0. The highest BCUT2D eigenvalue weighted by atomic mass is 16.6. The zero-order chi connectivity index (χ0) is 28.5. The van der Waals surface area contributed by atoms with Gasteiger partial charge in [-0.05, 0) is 79.3 Å². The molecule has 0 N–H and O–H groups in total. The molecule has 0 radical (unpaired) electrons. The lowest BCUT2D eigenvalue weighted by molar-refractivity contribution is -0.156. The van der Waals surface area contributed by atoms with Crippen LogP contribution in [0.15, 0.2) is 47.6 Å². The topological polar surface area (TPSA) is 77.4 Å². The number of nitroso groups, excluding NO2 is 1. The number of hydrogen-bond acceptors (Lipinski definition) is 7. The Hall–Kier alpha value is -2.93. The Bertz CT molecular complexity index is 1110. The number of esters is 1. The van der Waals surface area contributed by atoms with Crippen LogP contribution in [-0.4, -0.2) is 45.0 Å². The van der Waals surface area contributed by atoms with Crippen LogP contribution >= 0.6 is 0 Å². The summed E-state index contributed by atoms with van der Waals surface area (Å²) in [6.07, 6.45) is 6.78. The Morgan fingerprint density at radius 1 is 1.05 bits per heavy atom. The molecule has 4 rings (SSSR count). The second kappa shape index (κ2) is 14.1. The van der Waals surface area contributed by atoms with Gasteiger partial charge in [0.05, 0.1) is 13.2 Å². The number of hydrogen-bond donors (Lipinski definition) is 0. The van der Waals surface area contributed by atoms with Crippen LogP contribution in [0.4, 0.5) is 5.69 Å². The molecule has 0 bridgehead atoms. The van der Waals surface area contributed by atoms with Crippen molar-refractivity contribution in [3.05, 3.63) is 64.1 Å². The van der Waals surface area contributed by atoms with Gasteiger partial charge in [0.1, 0.15) is 18.4 Å². The van der Waals surface area contributed by atoms with Gasteiger partial charge in [-0.1, -0.05) is 62.6 Å². The highest BCUT2D eigenvalue weighted by Crippen LogP contribution is 2.43. The number of anilines is 1. The molecule has 0 amide bonds. The summed E-state index contributed by atoms with van der Waals surface area (Å²) in [5.41, 5.74) is 4.64. The Labute approximate surface area is 239 Å². The van der Waals surface area contributed by atoms with Crippen molar-refractivity contribution in [3.8, 4) is 5.75 Å². The number of rotatable bonds is 13. The second-order valence-electron chi connectivity index (χ2n) is 11.7. The fourth-order valence-corrected chi connectivity index (χ4v) is 6.18. The summed E-state index contributed by atoms with van der Waals surface area (Å²) in [5.74, 6) is 0.837. The summed E-state index contributed by atoms with van der Waals surface area (Å²) in [6.45, 7) is 11.4. The predicted molar refractivity (Wildman–Crippen MR) is 159 cm³/mol. The second-order valence-corrected chi connectivity index (χ2v) is 11.7. The van der Waals surface area contributed by atoms with Gasteiger partial charge in [0.2, 0.25) is 0 Å². The van der Waals surface area contributed by atoms with E-state index in [0.29, 0.717) is 32.2 Å². The Kier molecular flexibility index (Phi) is 10.6. The quantitative estimate of drug-likeness (QED) is 0.195. The third kappa shape index (κ3) is 7.42. The molecular weight excluding hydrogens is 504 g/mol. The Morgan fingerprint density at radius 2 is 1.80 bits per heavy atom. The van der Waals surface area contributed by atoms with Crippen molar-refractivity contribution in [1.82, 2.24) is 0 Å². The average molecular weight is 551 g/mol. The van der Waals surface area contributed by atoms with E-state index in [0.717, 1.165) is 49.2 Å². The average Bonchev–Trinajstić information content (AvgIpc) is 2.96. The van der Waals surface area contributed by atoms with Crippen LogP contribution in [0.5, 0.6) is 5.75 Å². The molecule has 0 aromatic heterocycles. The molecule has 218 valence electrons. The molecule has 2 atom stereocenters. The Morgan fingerprint density at radius 3 is 2.48 bits per heavy atom. The highest BCUT2D eigenvalue weighted by molar-refractivity contribution is 5.75. The number of ether oxygens (including phenoxy) is 3. The molecule has 1 aliphatic carbocycles. The highest BCUT2D eigenvalue weighted by Gasteiger charge is 2.33. The van der Waals surface area contributed by atoms with Crippen molar-refractivity contribution >= 4 is 11.7 Å². The molecule has 0 spiro atoms. The number of carbonyl (C=O) groups excluding carboxylic acids is 1. The van der Waals surface area contributed by atoms with E-state index in [1.165, 1.54) is 30.5 Å². The molecule has 2 aromatic rings. The fourth-order valence-electron chi connectivity index (χ4n) is 6.18. The zero-order valence-electron chi connectivity index (χ0n) is 24.7. The molecule has 1 heterocycles. The summed E-state index contributed by atoms with van der Waals surface area (Å²) in [4.78, 5) is 26.5. The van der Waals surface area contributed by atoms with E-state index in [1.807, 2.05) is 31.2 Å². The normalized spacial score (nSPS) is 18.4. The number of fused-ring (bicyclic) bond motifs is 1. The van der Waals surface area contributed by atoms with Gasteiger partial charge < -0.3 is 19.1 Å². The van der Waals surface area contributed by atoms with Crippen LogP contribution in [0, 0.1) is 10.8 Å². The molecule has 2 aromatic carbocycles. The van der Waals surface area contributed by atoms with Gasteiger partial charge in [-0.15, -0.1) is 0 Å². The van der Waals surface area contributed by atoms with Crippen LogP contribution in [0.3, 0.4) is 0 Å². The van der Waals surface area contributed by atoms with Crippen LogP contribution in [0.2, 0.25) is 0 Å². The van der Waals surface area contributed by atoms with E-state index in [9.17, 15) is 9.70 Å². The number of benzene rings is 2. The first-order valence-corrected chi connectivity index (χ1v) is 15.1. The molecule has 1 unspecified atom stereocenters. The van der Waals surface area contributed by atoms with Crippen molar-refractivity contribution in [2.24, 2.45) is 11.1 Å². The van der Waals surface area contributed by atoms with Gasteiger partial charge in [-0.2, -0.15) is 4.91 Å². The summed E-state index contributed by atoms with van der Waals surface area (Å²) in [5, 5.41) is 3.62. The van der Waals surface area contributed by atoms with Crippen molar-refractivity contribution in [3.63, 3.8) is 0 Å². The largest absolute Gasteiger partial charge is 0.492 e. The zero-order valence-corrected chi connectivity index (χ0v) is 24.7. The third-order valence-corrected chi connectivity index (χ3v) is 8.54. The minimum absolute atomic E-state index is 0.0431. The van der Waals surface area contributed by atoms with E-state index in [-0.39, 0.29) is 17.4 Å². The van der Waals surface area contributed by atoms with Crippen molar-refractivity contribution < 1.29 is 19.0 Å². The minimum atomic E-state index is -0.596. The molecule has 1 fully saturated rings. The molecule has 1 saturated carbocycles. The maximum absolute atomic E-state index is 12.2. The van der Waals surface area contributed by atoms with Gasteiger partial charge in [-0.25, -0.2) is 4.79 Å².